The molecule has 0 aliphatic carbocycles. The average Bonchev–Trinajstić information content (AvgIpc) is 3.54. The molecule has 0 amide bonds. The SMILES string of the molecule is CC1(C)OB(c2cc(-c3ccc4c(c3)sc3ccccc34)c3oc(-c4ccccc4)nc3c2)OC1(C)C. The summed E-state index contributed by atoms with van der Waals surface area (Å²) in [5, 5.41) is 2.56. The van der Waals surface area contributed by atoms with Crippen LogP contribution in [0.15, 0.2) is 89.3 Å². The molecule has 4 nitrogen and oxygen atoms in total. The van der Waals surface area contributed by atoms with Crippen molar-refractivity contribution in [1.82, 2.24) is 4.98 Å². The average molecular weight is 503 g/mol. The van der Waals surface area contributed by atoms with Gasteiger partial charge in [0.1, 0.15) is 5.52 Å². The highest BCUT2D eigenvalue weighted by molar-refractivity contribution is 7.25. The van der Waals surface area contributed by atoms with Gasteiger partial charge in [0.05, 0.1) is 11.2 Å². The molecule has 6 heteroatoms. The topological polar surface area (TPSA) is 44.5 Å². The van der Waals surface area contributed by atoms with Crippen molar-refractivity contribution in [3.63, 3.8) is 0 Å². The minimum atomic E-state index is -0.488. The third-order valence-corrected chi connectivity index (χ3v) is 8.88. The van der Waals surface area contributed by atoms with Crippen LogP contribution in [0, 0.1) is 0 Å². The van der Waals surface area contributed by atoms with Gasteiger partial charge in [-0.3, -0.25) is 0 Å². The van der Waals surface area contributed by atoms with Gasteiger partial charge in [-0.15, -0.1) is 11.3 Å². The quantitative estimate of drug-likeness (QED) is 0.231. The van der Waals surface area contributed by atoms with Crippen LogP contribution in [0.3, 0.4) is 0 Å². The first-order chi connectivity index (χ1) is 17.8. The Morgan fingerprint density at radius 1 is 0.703 bits per heavy atom. The van der Waals surface area contributed by atoms with E-state index in [1.165, 1.54) is 20.2 Å². The summed E-state index contributed by atoms with van der Waals surface area (Å²) in [6.45, 7) is 8.30. The summed E-state index contributed by atoms with van der Waals surface area (Å²) in [7, 11) is -0.488. The first-order valence-corrected chi connectivity index (χ1v) is 13.4. The van der Waals surface area contributed by atoms with Crippen molar-refractivity contribution in [2.45, 2.75) is 38.9 Å². The van der Waals surface area contributed by atoms with E-state index in [4.69, 9.17) is 18.7 Å². The molecule has 7 rings (SSSR count). The Bertz CT molecular complexity index is 1790. The fourth-order valence-corrected chi connectivity index (χ4v) is 6.13. The second-order valence-corrected chi connectivity index (χ2v) is 11.8. The van der Waals surface area contributed by atoms with Crippen LogP contribution in [0.4, 0.5) is 0 Å². The van der Waals surface area contributed by atoms with Gasteiger partial charge in [-0.25, -0.2) is 4.98 Å². The van der Waals surface area contributed by atoms with Gasteiger partial charge in [0.25, 0.3) is 0 Å². The first kappa shape index (κ1) is 22.7. The smallest absolute Gasteiger partial charge is 0.435 e. The molecule has 1 aliphatic rings. The van der Waals surface area contributed by atoms with Crippen LogP contribution in [0.1, 0.15) is 27.7 Å². The van der Waals surface area contributed by atoms with Crippen LogP contribution < -0.4 is 5.46 Å². The summed E-state index contributed by atoms with van der Waals surface area (Å²) in [4.78, 5) is 4.90. The first-order valence-electron chi connectivity index (χ1n) is 12.6. The molecule has 0 bridgehead atoms. The number of oxazole rings is 1. The molecular formula is C31H26BNO3S. The van der Waals surface area contributed by atoms with Gasteiger partial charge < -0.3 is 13.7 Å². The molecule has 2 aromatic heterocycles. The lowest BCUT2D eigenvalue weighted by molar-refractivity contribution is 0.00578. The van der Waals surface area contributed by atoms with Crippen LogP contribution in [0.25, 0.3) is 53.9 Å². The summed E-state index contributed by atoms with van der Waals surface area (Å²) in [6, 6.07) is 29.4. The Morgan fingerprint density at radius 2 is 1.41 bits per heavy atom. The van der Waals surface area contributed by atoms with E-state index >= 15 is 0 Å². The molecule has 0 saturated carbocycles. The number of hydrogen-bond acceptors (Lipinski definition) is 5. The molecule has 0 radical (unpaired) electrons. The number of fused-ring (bicyclic) bond motifs is 4. The van der Waals surface area contributed by atoms with E-state index < -0.39 is 18.3 Å². The zero-order chi connectivity index (χ0) is 25.4. The number of thiophene rings is 1. The maximum Gasteiger partial charge on any atom is 0.494 e. The van der Waals surface area contributed by atoms with Gasteiger partial charge in [0.15, 0.2) is 5.58 Å². The van der Waals surface area contributed by atoms with Gasteiger partial charge in [-0.1, -0.05) is 54.6 Å². The van der Waals surface area contributed by atoms with Crippen molar-refractivity contribution in [3.8, 4) is 22.6 Å². The van der Waals surface area contributed by atoms with Crippen LogP contribution in [-0.4, -0.2) is 23.3 Å². The molecular weight excluding hydrogens is 477 g/mol. The zero-order valence-corrected chi connectivity index (χ0v) is 22.1. The fraction of sp³-hybridized carbons (Fsp3) is 0.194. The lowest BCUT2D eigenvalue weighted by Crippen LogP contribution is -2.41. The molecule has 1 aliphatic heterocycles. The standard InChI is InChI=1S/C31H26BNO3S/c1-30(2)31(3,4)36-32(35-30)21-17-24(28-25(18-21)33-29(34-28)19-10-6-5-7-11-19)20-14-15-23-22-12-8-9-13-26(22)37-27(23)16-20/h5-18H,1-4H3. The fourth-order valence-electron chi connectivity index (χ4n) is 4.98. The summed E-state index contributed by atoms with van der Waals surface area (Å²) >= 11 is 1.81. The molecule has 4 aromatic carbocycles. The Hall–Kier alpha value is -3.45. The van der Waals surface area contributed by atoms with Gasteiger partial charge >= 0.3 is 7.12 Å². The Balaban J connectivity index is 1.43. The molecule has 0 atom stereocenters. The van der Waals surface area contributed by atoms with Crippen molar-refractivity contribution >= 4 is 55.2 Å². The third-order valence-electron chi connectivity index (χ3n) is 7.75. The van der Waals surface area contributed by atoms with Crippen molar-refractivity contribution in [2.24, 2.45) is 0 Å². The maximum absolute atomic E-state index is 6.42. The monoisotopic (exact) mass is 503 g/mol. The lowest BCUT2D eigenvalue weighted by Gasteiger charge is -2.32. The lowest BCUT2D eigenvalue weighted by atomic mass is 9.77. The minimum Gasteiger partial charge on any atom is -0.435 e. The minimum absolute atomic E-state index is 0.429. The third kappa shape index (κ3) is 3.63. The van der Waals surface area contributed by atoms with E-state index in [2.05, 4.69) is 76.2 Å². The highest BCUT2D eigenvalue weighted by atomic mass is 32.1. The Labute approximate surface area is 220 Å². The molecule has 182 valence electrons. The van der Waals surface area contributed by atoms with Crippen LogP contribution in [-0.2, 0) is 9.31 Å². The second-order valence-electron chi connectivity index (χ2n) is 10.7. The Morgan fingerprint density at radius 3 is 2.19 bits per heavy atom. The molecule has 1 saturated heterocycles. The van der Waals surface area contributed by atoms with E-state index in [0.717, 1.165) is 33.3 Å². The van der Waals surface area contributed by atoms with Crippen molar-refractivity contribution in [3.05, 3.63) is 84.9 Å². The number of benzene rings is 4. The molecule has 0 unspecified atom stereocenters. The van der Waals surface area contributed by atoms with E-state index in [1.54, 1.807) is 0 Å². The molecule has 6 aromatic rings. The van der Waals surface area contributed by atoms with Gasteiger partial charge in [0, 0.05) is 31.3 Å². The maximum atomic E-state index is 6.42. The summed E-state index contributed by atoms with van der Waals surface area (Å²) in [5.74, 6) is 0.603. The van der Waals surface area contributed by atoms with Crippen molar-refractivity contribution in [2.75, 3.05) is 0 Å². The molecule has 0 N–H and O–H groups in total. The molecule has 1 fully saturated rings. The van der Waals surface area contributed by atoms with Crippen LogP contribution in [0.5, 0.6) is 0 Å². The summed E-state index contributed by atoms with van der Waals surface area (Å²) in [5.41, 5.74) is 4.64. The number of rotatable bonds is 3. The highest BCUT2D eigenvalue weighted by Crippen LogP contribution is 2.40. The van der Waals surface area contributed by atoms with Crippen LogP contribution in [0.2, 0.25) is 0 Å². The number of hydrogen-bond donors (Lipinski definition) is 0. The van der Waals surface area contributed by atoms with Gasteiger partial charge in [0.2, 0.25) is 5.89 Å². The zero-order valence-electron chi connectivity index (χ0n) is 21.2. The predicted octanol–water partition coefficient (Wildman–Crippen LogP) is 7.83. The highest BCUT2D eigenvalue weighted by Gasteiger charge is 2.52. The summed E-state index contributed by atoms with van der Waals surface area (Å²) in [6.07, 6.45) is 0. The summed E-state index contributed by atoms with van der Waals surface area (Å²) < 4.78 is 21.8. The molecule has 0 spiro atoms. The van der Waals surface area contributed by atoms with E-state index in [-0.39, 0.29) is 0 Å². The van der Waals surface area contributed by atoms with Gasteiger partial charge in [-0.05, 0) is 69.1 Å². The molecule has 3 heterocycles. The largest absolute Gasteiger partial charge is 0.494 e. The predicted molar refractivity (Wildman–Crippen MR) is 153 cm³/mol. The second kappa shape index (κ2) is 8.03. The number of nitrogens with zero attached hydrogens (tertiary/aromatic N) is 1. The van der Waals surface area contributed by atoms with E-state index in [1.807, 2.05) is 47.7 Å². The normalized spacial score (nSPS) is 16.8. The van der Waals surface area contributed by atoms with Gasteiger partial charge in [-0.2, -0.15) is 0 Å². The van der Waals surface area contributed by atoms with Crippen molar-refractivity contribution < 1.29 is 13.7 Å². The van der Waals surface area contributed by atoms with E-state index in [0.29, 0.717) is 5.89 Å². The van der Waals surface area contributed by atoms with E-state index in [9.17, 15) is 0 Å². The van der Waals surface area contributed by atoms with Crippen LogP contribution >= 0.6 is 11.3 Å². The molecule has 37 heavy (non-hydrogen) atoms. The Kier molecular flexibility index (Phi) is 4.93. The number of aromatic nitrogens is 1. The van der Waals surface area contributed by atoms with Crippen molar-refractivity contribution in [1.29, 1.82) is 0 Å².